The fourth-order valence-corrected chi connectivity index (χ4v) is 3.02. The highest BCUT2D eigenvalue weighted by atomic mass is 16.5. The molecule has 3 aliphatic rings. The molecule has 0 aliphatic heterocycles. The van der Waals surface area contributed by atoms with Crippen molar-refractivity contribution in [3.8, 4) is 0 Å². The number of ether oxygens (including phenoxy) is 1. The summed E-state index contributed by atoms with van der Waals surface area (Å²) in [6.07, 6.45) is 2.30. The second-order valence-corrected chi connectivity index (χ2v) is 4.73. The predicted octanol–water partition coefficient (Wildman–Crippen LogP) is 1.84. The summed E-state index contributed by atoms with van der Waals surface area (Å²) in [7, 11) is 1.49. The fraction of sp³-hybridized carbons (Fsp3) is 0.900. The van der Waals surface area contributed by atoms with E-state index in [1.165, 1.54) is 13.5 Å². The van der Waals surface area contributed by atoms with Crippen LogP contribution in [0.1, 0.15) is 26.7 Å². The SMILES string of the molecule is COC(=O)[C@H]1C[C@H]2C[C@@H]1C2(C)C. The van der Waals surface area contributed by atoms with Gasteiger partial charge < -0.3 is 4.74 Å². The molecule has 3 atom stereocenters. The standard InChI is InChI=1S/C10H16O2/c1-10(2)6-4-7(8(10)5-6)9(11)12-3/h6-8H,4-5H2,1-3H3/t6-,7-,8-/m0/s1. The molecule has 0 spiro atoms. The van der Waals surface area contributed by atoms with Crippen molar-refractivity contribution in [2.75, 3.05) is 7.11 Å². The maximum Gasteiger partial charge on any atom is 0.308 e. The Morgan fingerprint density at radius 2 is 2.08 bits per heavy atom. The topological polar surface area (TPSA) is 26.3 Å². The van der Waals surface area contributed by atoms with Crippen LogP contribution in [0.4, 0.5) is 0 Å². The lowest BCUT2D eigenvalue weighted by molar-refractivity contribution is -0.147. The molecule has 0 saturated heterocycles. The van der Waals surface area contributed by atoms with Crippen molar-refractivity contribution in [2.24, 2.45) is 23.2 Å². The maximum atomic E-state index is 11.3. The van der Waals surface area contributed by atoms with Crippen LogP contribution in [0, 0.1) is 23.2 Å². The Hall–Kier alpha value is -0.530. The van der Waals surface area contributed by atoms with E-state index in [4.69, 9.17) is 4.74 Å². The molecule has 0 radical (unpaired) electrons. The fourth-order valence-electron chi connectivity index (χ4n) is 3.02. The third-order valence-corrected chi connectivity index (χ3v) is 4.07. The molecular formula is C10H16O2. The van der Waals surface area contributed by atoms with Crippen molar-refractivity contribution in [3.63, 3.8) is 0 Å². The molecule has 3 fully saturated rings. The van der Waals surface area contributed by atoms with Crippen molar-refractivity contribution >= 4 is 5.97 Å². The maximum absolute atomic E-state index is 11.3. The Morgan fingerprint density at radius 1 is 1.42 bits per heavy atom. The molecule has 0 aromatic rings. The van der Waals surface area contributed by atoms with E-state index in [2.05, 4.69) is 13.8 Å². The quantitative estimate of drug-likeness (QED) is 0.558. The molecule has 0 amide bonds. The first-order valence-corrected chi connectivity index (χ1v) is 4.65. The van der Waals surface area contributed by atoms with Gasteiger partial charge >= 0.3 is 5.97 Å². The second-order valence-electron chi connectivity index (χ2n) is 4.73. The molecule has 3 rings (SSSR count). The van der Waals surface area contributed by atoms with Crippen LogP contribution in [0.5, 0.6) is 0 Å². The summed E-state index contributed by atoms with van der Waals surface area (Å²) < 4.78 is 4.79. The zero-order valence-electron chi connectivity index (χ0n) is 7.96. The summed E-state index contributed by atoms with van der Waals surface area (Å²) in [5.74, 6) is 1.57. The molecule has 3 aliphatic carbocycles. The van der Waals surface area contributed by atoms with E-state index < -0.39 is 0 Å². The predicted molar refractivity (Wildman–Crippen MR) is 45.5 cm³/mol. The number of hydrogen-bond donors (Lipinski definition) is 0. The number of methoxy groups -OCH3 is 1. The average Bonchev–Trinajstić information content (AvgIpc) is 2.58. The van der Waals surface area contributed by atoms with Crippen molar-refractivity contribution in [3.05, 3.63) is 0 Å². The van der Waals surface area contributed by atoms with Crippen LogP contribution in [0.2, 0.25) is 0 Å². The first-order chi connectivity index (χ1) is 5.57. The highest BCUT2D eigenvalue weighted by Crippen LogP contribution is 2.64. The first-order valence-electron chi connectivity index (χ1n) is 4.65. The van der Waals surface area contributed by atoms with Gasteiger partial charge in [0.2, 0.25) is 0 Å². The van der Waals surface area contributed by atoms with Gasteiger partial charge in [0.15, 0.2) is 0 Å². The van der Waals surface area contributed by atoms with E-state index in [0.717, 1.165) is 12.3 Å². The summed E-state index contributed by atoms with van der Waals surface area (Å²) in [4.78, 5) is 11.3. The lowest BCUT2D eigenvalue weighted by atomic mass is 9.60. The normalized spacial score (nSPS) is 42.1. The lowest BCUT2D eigenvalue weighted by Crippen LogP contribution is -2.39. The molecule has 0 heterocycles. The van der Waals surface area contributed by atoms with Gasteiger partial charge in [-0.2, -0.15) is 0 Å². The minimum atomic E-state index is 0.00748. The molecule has 12 heavy (non-hydrogen) atoms. The minimum absolute atomic E-state index is 0.00748. The third-order valence-electron chi connectivity index (χ3n) is 4.07. The molecule has 0 unspecified atom stereocenters. The molecule has 2 bridgehead atoms. The van der Waals surface area contributed by atoms with Gasteiger partial charge in [0.05, 0.1) is 13.0 Å². The van der Waals surface area contributed by atoms with Gasteiger partial charge in [0.1, 0.15) is 0 Å². The lowest BCUT2D eigenvalue weighted by Gasteiger charge is -2.44. The van der Waals surface area contributed by atoms with Crippen molar-refractivity contribution in [1.82, 2.24) is 0 Å². The van der Waals surface area contributed by atoms with Gasteiger partial charge in [0.25, 0.3) is 0 Å². The molecule has 2 heteroatoms. The highest BCUT2D eigenvalue weighted by Gasteiger charge is 2.60. The van der Waals surface area contributed by atoms with Gasteiger partial charge in [-0.05, 0) is 30.1 Å². The van der Waals surface area contributed by atoms with Crippen LogP contribution < -0.4 is 0 Å². The van der Waals surface area contributed by atoms with Crippen LogP contribution in [-0.2, 0) is 9.53 Å². The number of rotatable bonds is 1. The zero-order chi connectivity index (χ0) is 8.93. The van der Waals surface area contributed by atoms with E-state index in [1.54, 1.807) is 0 Å². The molecule has 2 nitrogen and oxygen atoms in total. The molecule has 0 aromatic carbocycles. The average molecular weight is 168 g/mol. The summed E-state index contributed by atoms with van der Waals surface area (Å²) in [5.41, 5.74) is 0.402. The van der Waals surface area contributed by atoms with E-state index in [-0.39, 0.29) is 11.9 Å². The van der Waals surface area contributed by atoms with E-state index in [0.29, 0.717) is 11.3 Å². The van der Waals surface area contributed by atoms with Crippen molar-refractivity contribution < 1.29 is 9.53 Å². The smallest absolute Gasteiger partial charge is 0.308 e. The van der Waals surface area contributed by atoms with Gasteiger partial charge in [-0.3, -0.25) is 4.79 Å². The number of fused-ring (bicyclic) bond motifs is 1. The summed E-state index contributed by atoms with van der Waals surface area (Å²) in [6.45, 7) is 4.55. The minimum Gasteiger partial charge on any atom is -0.469 e. The van der Waals surface area contributed by atoms with Crippen LogP contribution >= 0.6 is 0 Å². The number of carbonyl (C=O) groups is 1. The van der Waals surface area contributed by atoms with Crippen molar-refractivity contribution in [1.29, 1.82) is 0 Å². The van der Waals surface area contributed by atoms with E-state index in [9.17, 15) is 4.79 Å². The van der Waals surface area contributed by atoms with Crippen LogP contribution in [-0.4, -0.2) is 13.1 Å². The van der Waals surface area contributed by atoms with Gasteiger partial charge in [-0.1, -0.05) is 13.8 Å². The molecule has 0 aromatic heterocycles. The van der Waals surface area contributed by atoms with Crippen LogP contribution in [0.15, 0.2) is 0 Å². The highest BCUT2D eigenvalue weighted by molar-refractivity contribution is 5.74. The van der Waals surface area contributed by atoms with Crippen LogP contribution in [0.3, 0.4) is 0 Å². The Bertz CT molecular complexity index is 220. The van der Waals surface area contributed by atoms with Gasteiger partial charge in [-0.15, -0.1) is 0 Å². The Morgan fingerprint density at radius 3 is 2.42 bits per heavy atom. The Kier molecular flexibility index (Phi) is 1.51. The summed E-state index contributed by atoms with van der Waals surface area (Å²) in [6, 6.07) is 0. The van der Waals surface area contributed by atoms with Crippen molar-refractivity contribution in [2.45, 2.75) is 26.7 Å². The number of hydrogen-bond acceptors (Lipinski definition) is 2. The van der Waals surface area contributed by atoms with E-state index >= 15 is 0 Å². The zero-order valence-corrected chi connectivity index (χ0v) is 7.96. The molecular weight excluding hydrogens is 152 g/mol. The summed E-state index contributed by atoms with van der Waals surface area (Å²) in [5, 5.41) is 0. The molecule has 0 N–H and O–H groups in total. The van der Waals surface area contributed by atoms with E-state index in [1.807, 2.05) is 0 Å². The van der Waals surface area contributed by atoms with Crippen LogP contribution in [0.25, 0.3) is 0 Å². The Labute approximate surface area is 73.3 Å². The first kappa shape index (κ1) is 8.09. The number of esters is 1. The Balaban J connectivity index is 2.11. The molecule has 3 saturated carbocycles. The third kappa shape index (κ3) is 0.782. The van der Waals surface area contributed by atoms with Gasteiger partial charge in [0, 0.05) is 0 Å². The number of carbonyl (C=O) groups excluding carboxylic acids is 1. The monoisotopic (exact) mass is 168 g/mol. The largest absolute Gasteiger partial charge is 0.469 e. The molecule has 68 valence electrons. The van der Waals surface area contributed by atoms with Gasteiger partial charge in [-0.25, -0.2) is 0 Å². The second kappa shape index (κ2) is 2.24. The summed E-state index contributed by atoms with van der Waals surface area (Å²) >= 11 is 0.